The molecule has 2 rings (SSSR count). The molecular formula is C23H28N4O4. The van der Waals surface area contributed by atoms with Gasteiger partial charge in [0, 0.05) is 12.2 Å². The molecule has 0 aromatic heterocycles. The van der Waals surface area contributed by atoms with Crippen molar-refractivity contribution in [3.8, 4) is 5.75 Å². The zero-order chi connectivity index (χ0) is 22.6. The van der Waals surface area contributed by atoms with Crippen molar-refractivity contribution in [2.75, 3.05) is 18.5 Å². The minimum Gasteiger partial charge on any atom is -0.484 e. The molecule has 0 spiro atoms. The van der Waals surface area contributed by atoms with E-state index in [1.165, 1.54) is 6.21 Å². The van der Waals surface area contributed by atoms with Crippen LogP contribution in [0.4, 0.5) is 5.69 Å². The molecule has 2 aromatic carbocycles. The smallest absolute Gasteiger partial charge is 0.329 e. The molecule has 8 heteroatoms. The first-order valence-corrected chi connectivity index (χ1v) is 10.1. The number of unbranched alkanes of at least 4 members (excludes halogenated alkanes) is 1. The van der Waals surface area contributed by atoms with Gasteiger partial charge in [-0.25, -0.2) is 5.43 Å². The number of anilines is 1. The lowest BCUT2D eigenvalue weighted by atomic mass is 10.1. The second kappa shape index (κ2) is 12.1. The van der Waals surface area contributed by atoms with Gasteiger partial charge >= 0.3 is 11.8 Å². The lowest BCUT2D eigenvalue weighted by molar-refractivity contribution is -0.139. The van der Waals surface area contributed by atoms with E-state index in [1.807, 2.05) is 39.0 Å². The van der Waals surface area contributed by atoms with Gasteiger partial charge in [0.2, 0.25) is 0 Å². The van der Waals surface area contributed by atoms with E-state index in [0.29, 0.717) is 17.9 Å². The summed E-state index contributed by atoms with van der Waals surface area (Å²) in [6.07, 6.45) is 3.15. The highest BCUT2D eigenvalue weighted by molar-refractivity contribution is 6.35. The SMILES string of the molecule is CCCCNC(=O)C(=O)N/N=C\c1ccc(OCC(=O)Nc2ccc(C)cc2C)cc1. The number of benzene rings is 2. The number of carbonyl (C=O) groups is 3. The Kier molecular flexibility index (Phi) is 9.22. The van der Waals surface area contributed by atoms with Crippen molar-refractivity contribution < 1.29 is 19.1 Å². The topological polar surface area (TPSA) is 109 Å². The summed E-state index contributed by atoms with van der Waals surface area (Å²) in [6, 6.07) is 12.6. The lowest BCUT2D eigenvalue weighted by Gasteiger charge is -2.10. The van der Waals surface area contributed by atoms with E-state index in [0.717, 1.165) is 29.7 Å². The normalized spacial score (nSPS) is 10.5. The molecule has 164 valence electrons. The highest BCUT2D eigenvalue weighted by atomic mass is 16.5. The summed E-state index contributed by atoms with van der Waals surface area (Å²) < 4.78 is 5.50. The van der Waals surface area contributed by atoms with Crippen LogP contribution in [0.1, 0.15) is 36.5 Å². The van der Waals surface area contributed by atoms with Crippen molar-refractivity contribution in [3.05, 3.63) is 59.2 Å². The molecule has 0 atom stereocenters. The van der Waals surface area contributed by atoms with E-state index in [4.69, 9.17) is 4.74 Å². The molecule has 0 fully saturated rings. The second-order valence-corrected chi connectivity index (χ2v) is 7.03. The van der Waals surface area contributed by atoms with Crippen molar-refractivity contribution in [3.63, 3.8) is 0 Å². The Labute approximate surface area is 182 Å². The predicted octanol–water partition coefficient (Wildman–Crippen LogP) is 2.69. The molecule has 3 N–H and O–H groups in total. The zero-order valence-electron chi connectivity index (χ0n) is 18.0. The zero-order valence-corrected chi connectivity index (χ0v) is 18.0. The molecule has 0 bridgehead atoms. The van der Waals surface area contributed by atoms with E-state index in [2.05, 4.69) is 21.2 Å². The van der Waals surface area contributed by atoms with Crippen LogP contribution in [-0.2, 0) is 14.4 Å². The van der Waals surface area contributed by atoms with Crippen LogP contribution < -0.4 is 20.8 Å². The standard InChI is InChI=1S/C23H28N4O4/c1-4-5-12-24-22(29)23(30)27-25-14-18-7-9-19(10-8-18)31-15-21(28)26-20-11-6-16(2)13-17(20)3/h6-11,13-14H,4-5,12,15H2,1-3H3,(H,24,29)(H,26,28)(H,27,30)/b25-14-. The Balaban J connectivity index is 1.77. The molecule has 0 aliphatic rings. The number of nitrogens with zero attached hydrogens (tertiary/aromatic N) is 1. The Hall–Kier alpha value is -3.68. The predicted molar refractivity (Wildman–Crippen MR) is 120 cm³/mol. The molecular weight excluding hydrogens is 396 g/mol. The monoisotopic (exact) mass is 424 g/mol. The van der Waals surface area contributed by atoms with Crippen molar-refractivity contribution in [2.45, 2.75) is 33.6 Å². The van der Waals surface area contributed by atoms with Crippen molar-refractivity contribution >= 4 is 29.6 Å². The van der Waals surface area contributed by atoms with Crippen molar-refractivity contribution in [1.29, 1.82) is 0 Å². The molecule has 0 aliphatic heterocycles. The molecule has 0 radical (unpaired) electrons. The van der Waals surface area contributed by atoms with Crippen molar-refractivity contribution in [1.82, 2.24) is 10.7 Å². The Morgan fingerprint density at radius 2 is 1.77 bits per heavy atom. The number of hydrogen-bond donors (Lipinski definition) is 3. The van der Waals surface area contributed by atoms with E-state index < -0.39 is 11.8 Å². The van der Waals surface area contributed by atoms with E-state index >= 15 is 0 Å². The average Bonchev–Trinajstić information content (AvgIpc) is 2.75. The van der Waals surface area contributed by atoms with Crippen LogP contribution in [-0.4, -0.2) is 37.1 Å². The largest absolute Gasteiger partial charge is 0.484 e. The summed E-state index contributed by atoms with van der Waals surface area (Å²) in [7, 11) is 0. The van der Waals surface area contributed by atoms with Gasteiger partial charge in [-0.2, -0.15) is 5.10 Å². The second-order valence-electron chi connectivity index (χ2n) is 7.03. The maximum atomic E-state index is 12.1. The summed E-state index contributed by atoms with van der Waals surface area (Å²) in [6.45, 7) is 6.26. The van der Waals surface area contributed by atoms with E-state index in [-0.39, 0.29) is 12.5 Å². The minimum absolute atomic E-state index is 0.121. The van der Waals surface area contributed by atoms with Gasteiger partial charge in [0.15, 0.2) is 6.61 Å². The van der Waals surface area contributed by atoms with Crippen LogP contribution in [0.3, 0.4) is 0 Å². The average molecular weight is 425 g/mol. The maximum Gasteiger partial charge on any atom is 0.329 e. The number of rotatable bonds is 9. The number of hydrazone groups is 1. The molecule has 0 aliphatic carbocycles. The van der Waals surface area contributed by atoms with E-state index in [9.17, 15) is 14.4 Å². The highest BCUT2D eigenvalue weighted by Gasteiger charge is 2.11. The van der Waals surface area contributed by atoms with Gasteiger partial charge in [0.05, 0.1) is 6.21 Å². The summed E-state index contributed by atoms with van der Waals surface area (Å²) >= 11 is 0. The highest BCUT2D eigenvalue weighted by Crippen LogP contribution is 2.16. The third-order valence-corrected chi connectivity index (χ3v) is 4.31. The first kappa shape index (κ1) is 23.6. The third kappa shape index (κ3) is 8.30. The van der Waals surface area contributed by atoms with E-state index in [1.54, 1.807) is 24.3 Å². The summed E-state index contributed by atoms with van der Waals surface area (Å²) in [5.74, 6) is -1.26. The maximum absolute atomic E-state index is 12.1. The fourth-order valence-electron chi connectivity index (χ4n) is 2.61. The van der Waals surface area contributed by atoms with Gasteiger partial charge in [0.25, 0.3) is 5.91 Å². The van der Waals surface area contributed by atoms with Crippen LogP contribution >= 0.6 is 0 Å². The molecule has 8 nitrogen and oxygen atoms in total. The van der Waals surface area contributed by atoms with Gasteiger partial charge in [-0.05, 0) is 61.7 Å². The molecule has 0 heterocycles. The number of ether oxygens (including phenoxy) is 1. The van der Waals surface area contributed by atoms with Gasteiger partial charge in [-0.1, -0.05) is 31.0 Å². The van der Waals surface area contributed by atoms with Crippen LogP contribution in [0.5, 0.6) is 5.75 Å². The number of amides is 3. The molecule has 0 unspecified atom stereocenters. The fourth-order valence-corrected chi connectivity index (χ4v) is 2.61. The van der Waals surface area contributed by atoms with Crippen molar-refractivity contribution in [2.24, 2.45) is 5.10 Å². The minimum atomic E-state index is -0.817. The number of nitrogens with one attached hydrogen (secondary N) is 3. The van der Waals surface area contributed by atoms with Crippen LogP contribution in [0.2, 0.25) is 0 Å². The van der Waals surface area contributed by atoms with Gasteiger partial charge in [-0.15, -0.1) is 0 Å². The van der Waals surface area contributed by atoms with Gasteiger partial charge < -0.3 is 15.4 Å². The third-order valence-electron chi connectivity index (χ3n) is 4.31. The number of aryl methyl sites for hydroxylation is 2. The Morgan fingerprint density at radius 1 is 1.03 bits per heavy atom. The van der Waals surface area contributed by atoms with Crippen LogP contribution in [0.15, 0.2) is 47.6 Å². The molecule has 0 saturated heterocycles. The first-order chi connectivity index (χ1) is 14.9. The Bertz CT molecular complexity index is 939. The Morgan fingerprint density at radius 3 is 2.45 bits per heavy atom. The molecule has 2 aromatic rings. The fraction of sp³-hybridized carbons (Fsp3) is 0.304. The summed E-state index contributed by atoms with van der Waals surface area (Å²) in [4.78, 5) is 35.2. The van der Waals surface area contributed by atoms with Gasteiger partial charge in [-0.3, -0.25) is 14.4 Å². The number of carbonyl (C=O) groups excluding carboxylic acids is 3. The number of hydrogen-bond acceptors (Lipinski definition) is 5. The summed E-state index contributed by atoms with van der Waals surface area (Å²) in [5, 5.41) is 9.10. The quantitative estimate of drug-likeness (QED) is 0.249. The molecule has 0 saturated carbocycles. The van der Waals surface area contributed by atoms with Gasteiger partial charge in [0.1, 0.15) is 5.75 Å². The summed E-state index contributed by atoms with van der Waals surface area (Å²) in [5.41, 5.74) is 5.75. The molecule has 3 amide bonds. The van der Waals surface area contributed by atoms with Crippen LogP contribution in [0, 0.1) is 13.8 Å². The van der Waals surface area contributed by atoms with Crippen LogP contribution in [0.25, 0.3) is 0 Å². The lowest BCUT2D eigenvalue weighted by Crippen LogP contribution is -2.38. The molecule has 31 heavy (non-hydrogen) atoms. The first-order valence-electron chi connectivity index (χ1n) is 10.1.